The molecular formula is C18H20BrNO2. The van der Waals surface area contributed by atoms with E-state index in [0.29, 0.717) is 11.3 Å². The van der Waals surface area contributed by atoms with Crippen LogP contribution in [-0.2, 0) is 0 Å². The highest BCUT2D eigenvalue weighted by Gasteiger charge is 2.15. The van der Waals surface area contributed by atoms with Crippen LogP contribution in [0.4, 0.5) is 5.69 Å². The Morgan fingerprint density at radius 1 is 1.09 bits per heavy atom. The lowest BCUT2D eigenvalue weighted by Gasteiger charge is -2.15. The first-order valence-corrected chi connectivity index (χ1v) is 8.00. The smallest absolute Gasteiger partial charge is 0.259 e. The monoisotopic (exact) mass is 361 g/mol. The number of ether oxygens (including phenoxy) is 1. The molecule has 3 nitrogen and oxygen atoms in total. The molecule has 0 heterocycles. The summed E-state index contributed by atoms with van der Waals surface area (Å²) in [5.41, 5.74) is 3.53. The predicted octanol–water partition coefficient (Wildman–Crippen LogP) is 5.11. The molecule has 4 heteroatoms. The molecule has 0 saturated heterocycles. The van der Waals surface area contributed by atoms with Crippen molar-refractivity contribution in [3.8, 4) is 5.75 Å². The Balaban J connectivity index is 2.30. The molecule has 0 saturated carbocycles. The van der Waals surface area contributed by atoms with Crippen molar-refractivity contribution in [1.29, 1.82) is 0 Å². The van der Waals surface area contributed by atoms with Crippen molar-refractivity contribution in [3.63, 3.8) is 0 Å². The van der Waals surface area contributed by atoms with Crippen LogP contribution in [0, 0.1) is 13.8 Å². The van der Waals surface area contributed by atoms with Crippen molar-refractivity contribution < 1.29 is 9.53 Å². The standard InChI is InChI=1S/C18H20BrNO2/c1-11(2)22-17-6-5-14(19)10-16(17)18(21)20-15-8-12(3)7-13(4)9-15/h5-11H,1-4H3,(H,20,21). The number of rotatable bonds is 4. The van der Waals surface area contributed by atoms with E-state index in [9.17, 15) is 4.79 Å². The van der Waals surface area contributed by atoms with Crippen molar-refractivity contribution in [2.75, 3.05) is 5.32 Å². The van der Waals surface area contributed by atoms with Crippen molar-refractivity contribution >= 4 is 27.5 Å². The maximum Gasteiger partial charge on any atom is 0.259 e. The lowest BCUT2D eigenvalue weighted by Crippen LogP contribution is -2.16. The largest absolute Gasteiger partial charge is 0.490 e. The fraction of sp³-hybridized carbons (Fsp3) is 0.278. The van der Waals surface area contributed by atoms with E-state index >= 15 is 0 Å². The Labute approximate surface area is 139 Å². The molecule has 1 N–H and O–H groups in total. The normalized spacial score (nSPS) is 10.6. The van der Waals surface area contributed by atoms with Gasteiger partial charge in [0.15, 0.2) is 0 Å². The van der Waals surface area contributed by atoms with E-state index in [0.717, 1.165) is 21.3 Å². The number of benzene rings is 2. The number of carbonyl (C=O) groups excluding carboxylic acids is 1. The minimum Gasteiger partial charge on any atom is -0.490 e. The molecule has 0 unspecified atom stereocenters. The van der Waals surface area contributed by atoms with Crippen LogP contribution >= 0.6 is 15.9 Å². The number of halogens is 1. The lowest BCUT2D eigenvalue weighted by atomic mass is 10.1. The number of amides is 1. The minimum absolute atomic E-state index is 0.00828. The molecule has 2 aromatic carbocycles. The molecule has 1 amide bonds. The fourth-order valence-corrected chi connectivity index (χ4v) is 2.64. The summed E-state index contributed by atoms with van der Waals surface area (Å²) in [4.78, 5) is 12.6. The van der Waals surface area contributed by atoms with E-state index < -0.39 is 0 Å². The van der Waals surface area contributed by atoms with Gasteiger partial charge in [0.2, 0.25) is 0 Å². The van der Waals surface area contributed by atoms with Crippen molar-refractivity contribution in [2.24, 2.45) is 0 Å². The summed E-state index contributed by atoms with van der Waals surface area (Å²) < 4.78 is 6.57. The SMILES string of the molecule is Cc1cc(C)cc(NC(=O)c2cc(Br)ccc2OC(C)C)c1. The summed E-state index contributed by atoms with van der Waals surface area (Å²) in [5, 5.41) is 2.94. The van der Waals surface area contributed by atoms with E-state index in [1.165, 1.54) is 0 Å². The van der Waals surface area contributed by atoms with Gasteiger partial charge in [-0.25, -0.2) is 0 Å². The summed E-state index contributed by atoms with van der Waals surface area (Å²) >= 11 is 3.40. The first-order chi connectivity index (χ1) is 10.3. The van der Waals surface area contributed by atoms with E-state index in [-0.39, 0.29) is 12.0 Å². The average molecular weight is 362 g/mol. The molecule has 22 heavy (non-hydrogen) atoms. The van der Waals surface area contributed by atoms with Gasteiger partial charge in [-0.05, 0) is 69.2 Å². The van der Waals surface area contributed by atoms with Crippen LogP contribution in [0.25, 0.3) is 0 Å². The Morgan fingerprint density at radius 2 is 1.73 bits per heavy atom. The number of hydrogen-bond acceptors (Lipinski definition) is 2. The van der Waals surface area contributed by atoms with E-state index in [4.69, 9.17) is 4.74 Å². The molecule has 0 atom stereocenters. The summed E-state index contributed by atoms with van der Waals surface area (Å²) in [7, 11) is 0. The maximum absolute atomic E-state index is 12.6. The third kappa shape index (κ3) is 4.34. The third-order valence-electron chi connectivity index (χ3n) is 3.03. The van der Waals surface area contributed by atoms with Crippen LogP contribution in [0.2, 0.25) is 0 Å². The third-order valence-corrected chi connectivity index (χ3v) is 3.52. The summed E-state index contributed by atoms with van der Waals surface area (Å²) in [6.45, 7) is 7.89. The summed E-state index contributed by atoms with van der Waals surface area (Å²) in [6, 6.07) is 11.4. The molecule has 0 radical (unpaired) electrons. The Hall–Kier alpha value is -1.81. The van der Waals surface area contributed by atoms with Crippen LogP contribution in [0.5, 0.6) is 5.75 Å². The van der Waals surface area contributed by atoms with Crippen LogP contribution in [0.1, 0.15) is 35.3 Å². The molecule has 0 aromatic heterocycles. The highest BCUT2D eigenvalue weighted by Crippen LogP contribution is 2.25. The molecular weight excluding hydrogens is 342 g/mol. The summed E-state index contributed by atoms with van der Waals surface area (Å²) in [5.74, 6) is 0.405. The average Bonchev–Trinajstić information content (AvgIpc) is 2.39. The minimum atomic E-state index is -0.179. The highest BCUT2D eigenvalue weighted by molar-refractivity contribution is 9.10. The van der Waals surface area contributed by atoms with Gasteiger partial charge in [-0.2, -0.15) is 0 Å². The van der Waals surface area contributed by atoms with Gasteiger partial charge in [-0.1, -0.05) is 22.0 Å². The van der Waals surface area contributed by atoms with Gasteiger partial charge in [0.25, 0.3) is 5.91 Å². The number of nitrogens with one attached hydrogen (secondary N) is 1. The van der Waals surface area contributed by atoms with Crippen molar-refractivity contribution in [3.05, 3.63) is 57.6 Å². The number of carbonyl (C=O) groups is 1. The Kier molecular flexibility index (Phi) is 5.24. The Morgan fingerprint density at radius 3 is 2.32 bits per heavy atom. The molecule has 0 spiro atoms. The topological polar surface area (TPSA) is 38.3 Å². The fourth-order valence-electron chi connectivity index (χ4n) is 2.28. The molecule has 0 aliphatic rings. The molecule has 0 fully saturated rings. The van der Waals surface area contributed by atoms with Crippen LogP contribution in [0.15, 0.2) is 40.9 Å². The van der Waals surface area contributed by atoms with Gasteiger partial charge in [0.05, 0.1) is 11.7 Å². The maximum atomic E-state index is 12.6. The second-order valence-electron chi connectivity index (χ2n) is 5.64. The first kappa shape index (κ1) is 16.6. The molecule has 2 rings (SSSR count). The summed E-state index contributed by atoms with van der Waals surface area (Å²) in [6.07, 6.45) is 0.00828. The van der Waals surface area contributed by atoms with Crippen molar-refractivity contribution in [2.45, 2.75) is 33.8 Å². The van der Waals surface area contributed by atoms with E-state index in [1.807, 2.05) is 45.9 Å². The van der Waals surface area contributed by atoms with Gasteiger partial charge in [0, 0.05) is 10.2 Å². The zero-order valence-electron chi connectivity index (χ0n) is 13.2. The van der Waals surface area contributed by atoms with Crippen LogP contribution in [0.3, 0.4) is 0 Å². The molecule has 0 aliphatic carbocycles. The van der Waals surface area contributed by atoms with Gasteiger partial charge in [-0.3, -0.25) is 4.79 Å². The highest BCUT2D eigenvalue weighted by atomic mass is 79.9. The van der Waals surface area contributed by atoms with Gasteiger partial charge >= 0.3 is 0 Å². The van der Waals surface area contributed by atoms with Crippen LogP contribution < -0.4 is 10.1 Å². The number of anilines is 1. The molecule has 2 aromatic rings. The second kappa shape index (κ2) is 6.97. The van der Waals surface area contributed by atoms with Gasteiger partial charge in [-0.15, -0.1) is 0 Å². The van der Waals surface area contributed by atoms with Gasteiger partial charge in [0.1, 0.15) is 5.75 Å². The molecule has 116 valence electrons. The number of hydrogen-bond donors (Lipinski definition) is 1. The van der Waals surface area contributed by atoms with E-state index in [1.54, 1.807) is 12.1 Å². The Bertz CT molecular complexity index is 675. The molecule has 0 bridgehead atoms. The zero-order chi connectivity index (χ0) is 16.3. The molecule has 0 aliphatic heterocycles. The van der Waals surface area contributed by atoms with Crippen molar-refractivity contribution in [1.82, 2.24) is 0 Å². The first-order valence-electron chi connectivity index (χ1n) is 7.21. The van der Waals surface area contributed by atoms with Crippen LogP contribution in [-0.4, -0.2) is 12.0 Å². The van der Waals surface area contributed by atoms with Gasteiger partial charge < -0.3 is 10.1 Å². The lowest BCUT2D eigenvalue weighted by molar-refractivity contribution is 0.102. The number of aryl methyl sites for hydroxylation is 2. The zero-order valence-corrected chi connectivity index (χ0v) is 14.8. The second-order valence-corrected chi connectivity index (χ2v) is 6.55. The predicted molar refractivity (Wildman–Crippen MR) is 93.8 cm³/mol. The quantitative estimate of drug-likeness (QED) is 0.821. The van der Waals surface area contributed by atoms with E-state index in [2.05, 4.69) is 27.3 Å².